The smallest absolute Gasteiger partial charge is 0.223 e. The molecule has 1 N–H and O–H groups in total. The van der Waals surface area contributed by atoms with Gasteiger partial charge in [-0.1, -0.05) is 59.6 Å². The molecule has 2 aromatic carbocycles. The maximum atomic E-state index is 12.2. The molecule has 23 heavy (non-hydrogen) atoms. The number of aliphatic hydroxyl groups is 1. The van der Waals surface area contributed by atoms with Gasteiger partial charge in [-0.15, -0.1) is 0 Å². The summed E-state index contributed by atoms with van der Waals surface area (Å²) in [5.74, 6) is -0.0267. The van der Waals surface area contributed by atoms with Crippen LogP contribution in [0.4, 0.5) is 0 Å². The Bertz CT molecular complexity index is 720. The number of carbonyl (C=O) groups is 1. The van der Waals surface area contributed by atoms with Crippen molar-refractivity contribution in [2.75, 3.05) is 7.05 Å². The number of hydrogen-bond acceptors (Lipinski definition) is 2. The van der Waals surface area contributed by atoms with E-state index in [0.717, 1.165) is 5.56 Å². The molecular formula is C18H17Cl2NO2. The Morgan fingerprint density at radius 2 is 1.83 bits per heavy atom. The topological polar surface area (TPSA) is 40.5 Å². The molecule has 0 aromatic heterocycles. The maximum Gasteiger partial charge on any atom is 0.223 e. The Morgan fingerprint density at radius 3 is 2.48 bits per heavy atom. The molecule has 120 valence electrons. The maximum absolute atomic E-state index is 12.2. The number of carbonyl (C=O) groups excluding carboxylic acids is 1. The summed E-state index contributed by atoms with van der Waals surface area (Å²) in [6.07, 6.45) is -0.435. The van der Waals surface area contributed by atoms with E-state index in [1.54, 1.807) is 30.1 Å². The first-order valence-electron chi connectivity index (χ1n) is 7.42. The third-order valence-electron chi connectivity index (χ3n) is 4.48. The number of amides is 1. The summed E-state index contributed by atoms with van der Waals surface area (Å²) in [5.41, 5.74) is 1.71. The largest absolute Gasteiger partial charge is 0.386 e. The molecule has 0 aliphatic carbocycles. The zero-order chi connectivity index (χ0) is 16.6. The Labute approximate surface area is 145 Å². The van der Waals surface area contributed by atoms with Crippen LogP contribution in [0.25, 0.3) is 0 Å². The van der Waals surface area contributed by atoms with Crippen LogP contribution in [-0.2, 0) is 4.79 Å². The van der Waals surface area contributed by atoms with Crippen LogP contribution in [0, 0.1) is 0 Å². The lowest BCUT2D eigenvalue weighted by Gasteiger charge is -2.30. The SMILES string of the molecule is CN1C(=O)C[C@H](c2ccccc2)[C@@H]1[C@H](O)c1ccc(Cl)c(Cl)c1. The van der Waals surface area contributed by atoms with Crippen molar-refractivity contribution < 1.29 is 9.90 Å². The summed E-state index contributed by atoms with van der Waals surface area (Å²) in [4.78, 5) is 13.8. The average Bonchev–Trinajstić information content (AvgIpc) is 2.86. The molecule has 0 radical (unpaired) electrons. The minimum absolute atomic E-state index is 0.0305. The van der Waals surface area contributed by atoms with Gasteiger partial charge in [0.05, 0.1) is 16.1 Å². The van der Waals surface area contributed by atoms with Crippen molar-refractivity contribution >= 4 is 29.1 Å². The molecule has 3 nitrogen and oxygen atoms in total. The third-order valence-corrected chi connectivity index (χ3v) is 5.22. The first-order chi connectivity index (χ1) is 11.0. The van der Waals surface area contributed by atoms with Gasteiger partial charge in [0.2, 0.25) is 5.91 Å². The molecule has 1 aliphatic heterocycles. The van der Waals surface area contributed by atoms with E-state index in [2.05, 4.69) is 0 Å². The van der Waals surface area contributed by atoms with Crippen LogP contribution in [0.5, 0.6) is 0 Å². The van der Waals surface area contributed by atoms with Crippen LogP contribution in [0.3, 0.4) is 0 Å². The van der Waals surface area contributed by atoms with E-state index in [9.17, 15) is 9.90 Å². The molecule has 0 bridgehead atoms. The molecule has 1 aliphatic rings. The van der Waals surface area contributed by atoms with Crippen LogP contribution < -0.4 is 0 Å². The lowest BCUT2D eigenvalue weighted by atomic mass is 9.86. The van der Waals surface area contributed by atoms with Gasteiger partial charge in [-0.05, 0) is 23.3 Å². The van der Waals surface area contributed by atoms with Crippen LogP contribution in [0.1, 0.15) is 29.6 Å². The highest BCUT2D eigenvalue weighted by Gasteiger charge is 2.42. The second-order valence-electron chi connectivity index (χ2n) is 5.83. The van der Waals surface area contributed by atoms with Gasteiger partial charge in [0, 0.05) is 19.4 Å². The quantitative estimate of drug-likeness (QED) is 0.908. The number of benzene rings is 2. The predicted octanol–water partition coefficient (Wildman–Crippen LogP) is 4.04. The summed E-state index contributed by atoms with van der Waals surface area (Å²) >= 11 is 12.0. The number of halogens is 2. The molecule has 1 heterocycles. The fraction of sp³-hybridized carbons (Fsp3) is 0.278. The van der Waals surface area contributed by atoms with E-state index in [0.29, 0.717) is 22.0 Å². The van der Waals surface area contributed by atoms with Crippen molar-refractivity contribution in [3.63, 3.8) is 0 Å². The van der Waals surface area contributed by atoms with Crippen molar-refractivity contribution in [1.29, 1.82) is 0 Å². The van der Waals surface area contributed by atoms with Crippen molar-refractivity contribution in [1.82, 2.24) is 4.90 Å². The Balaban J connectivity index is 1.96. The van der Waals surface area contributed by atoms with Crippen molar-refractivity contribution in [3.8, 4) is 0 Å². The van der Waals surface area contributed by atoms with Gasteiger partial charge in [-0.2, -0.15) is 0 Å². The van der Waals surface area contributed by atoms with Crippen LogP contribution in [0.15, 0.2) is 48.5 Å². The highest BCUT2D eigenvalue weighted by Crippen LogP contribution is 2.40. The standard InChI is InChI=1S/C18H17Cl2NO2/c1-21-16(22)10-13(11-5-3-2-4-6-11)17(21)18(23)12-7-8-14(19)15(20)9-12/h2-9,13,17-18,23H,10H2,1H3/t13-,17-,18-/m1/s1. The molecule has 1 amide bonds. The van der Waals surface area contributed by atoms with Crippen LogP contribution in [-0.4, -0.2) is 29.0 Å². The lowest BCUT2D eigenvalue weighted by Crippen LogP contribution is -2.36. The molecule has 5 heteroatoms. The number of likely N-dealkylation sites (N-methyl/N-ethyl adjacent to an activating group) is 1. The average molecular weight is 350 g/mol. The van der Waals surface area contributed by atoms with Gasteiger partial charge in [0.1, 0.15) is 6.10 Å². The van der Waals surface area contributed by atoms with E-state index in [1.165, 1.54) is 0 Å². The zero-order valence-corrected chi connectivity index (χ0v) is 14.1. The van der Waals surface area contributed by atoms with Crippen LogP contribution >= 0.6 is 23.2 Å². The van der Waals surface area contributed by atoms with Crippen LogP contribution in [0.2, 0.25) is 10.0 Å². The van der Waals surface area contributed by atoms with Gasteiger partial charge in [-0.3, -0.25) is 4.79 Å². The molecule has 3 atom stereocenters. The van der Waals surface area contributed by atoms with E-state index in [1.807, 2.05) is 30.3 Å². The minimum atomic E-state index is -0.827. The molecule has 2 aromatic rings. The second-order valence-corrected chi connectivity index (χ2v) is 6.65. The van der Waals surface area contributed by atoms with E-state index >= 15 is 0 Å². The summed E-state index contributed by atoms with van der Waals surface area (Å²) in [6.45, 7) is 0. The predicted molar refractivity (Wildman–Crippen MR) is 91.8 cm³/mol. The van der Waals surface area contributed by atoms with E-state index in [-0.39, 0.29) is 17.9 Å². The molecule has 0 saturated carbocycles. The third kappa shape index (κ3) is 3.09. The summed E-state index contributed by atoms with van der Waals surface area (Å²) < 4.78 is 0. The summed E-state index contributed by atoms with van der Waals surface area (Å²) in [7, 11) is 1.73. The van der Waals surface area contributed by atoms with E-state index in [4.69, 9.17) is 23.2 Å². The Kier molecular flexibility index (Phi) is 4.62. The highest BCUT2D eigenvalue weighted by atomic mass is 35.5. The summed E-state index contributed by atoms with van der Waals surface area (Å²) in [5, 5.41) is 11.7. The molecule has 0 unspecified atom stereocenters. The van der Waals surface area contributed by atoms with E-state index < -0.39 is 6.10 Å². The van der Waals surface area contributed by atoms with Crippen molar-refractivity contribution in [2.24, 2.45) is 0 Å². The Morgan fingerprint density at radius 1 is 1.13 bits per heavy atom. The normalized spacial score (nSPS) is 22.4. The van der Waals surface area contributed by atoms with Crippen molar-refractivity contribution in [2.45, 2.75) is 24.5 Å². The van der Waals surface area contributed by atoms with Gasteiger partial charge in [0.15, 0.2) is 0 Å². The summed E-state index contributed by atoms with van der Waals surface area (Å²) in [6, 6.07) is 14.6. The van der Waals surface area contributed by atoms with Gasteiger partial charge >= 0.3 is 0 Å². The van der Waals surface area contributed by atoms with Gasteiger partial charge in [0.25, 0.3) is 0 Å². The number of aliphatic hydroxyl groups excluding tert-OH is 1. The number of nitrogens with zero attached hydrogens (tertiary/aromatic N) is 1. The lowest BCUT2D eigenvalue weighted by molar-refractivity contribution is -0.128. The fourth-order valence-corrected chi connectivity index (χ4v) is 3.54. The molecular weight excluding hydrogens is 333 g/mol. The monoisotopic (exact) mass is 349 g/mol. The highest BCUT2D eigenvalue weighted by molar-refractivity contribution is 6.42. The molecule has 0 spiro atoms. The number of hydrogen-bond donors (Lipinski definition) is 1. The first-order valence-corrected chi connectivity index (χ1v) is 8.18. The number of rotatable bonds is 3. The Hall–Kier alpha value is -1.55. The molecule has 3 rings (SSSR count). The molecule has 1 fully saturated rings. The fourth-order valence-electron chi connectivity index (χ4n) is 3.23. The zero-order valence-electron chi connectivity index (χ0n) is 12.6. The minimum Gasteiger partial charge on any atom is -0.386 e. The van der Waals surface area contributed by atoms with Gasteiger partial charge in [-0.25, -0.2) is 0 Å². The number of likely N-dealkylation sites (tertiary alicyclic amines) is 1. The molecule has 1 saturated heterocycles. The van der Waals surface area contributed by atoms with Crippen molar-refractivity contribution in [3.05, 3.63) is 69.7 Å². The van der Waals surface area contributed by atoms with Gasteiger partial charge < -0.3 is 10.0 Å². The second kappa shape index (κ2) is 6.52. The first kappa shape index (κ1) is 16.3.